The third-order valence-electron chi connectivity index (χ3n) is 3.09. The van der Waals surface area contributed by atoms with Crippen LogP contribution in [0.1, 0.15) is 42.6 Å². The molecule has 1 rings (SSSR count). The van der Waals surface area contributed by atoms with Gasteiger partial charge in [0.1, 0.15) is 5.75 Å². The Morgan fingerprint density at radius 2 is 2.05 bits per heavy atom. The van der Waals surface area contributed by atoms with Crippen LogP contribution in [-0.4, -0.2) is 33.0 Å². The zero-order chi connectivity index (χ0) is 16.0. The van der Waals surface area contributed by atoms with Gasteiger partial charge < -0.3 is 10.4 Å². The molecule has 0 saturated carbocycles. The second-order valence-electron chi connectivity index (χ2n) is 5.03. The number of amides is 1. The summed E-state index contributed by atoms with van der Waals surface area (Å²) in [5, 5.41) is 11.8. The smallest absolute Gasteiger partial charge is 0.335 e. The van der Waals surface area contributed by atoms with E-state index < -0.39 is 16.8 Å². The summed E-state index contributed by atoms with van der Waals surface area (Å²) in [5.41, 5.74) is 0.713. The number of benzene rings is 1. The molecule has 116 valence electrons. The van der Waals surface area contributed by atoms with Crippen molar-refractivity contribution in [3.8, 4) is 0 Å². The van der Waals surface area contributed by atoms with Crippen molar-refractivity contribution in [2.45, 2.75) is 44.6 Å². The van der Waals surface area contributed by atoms with Crippen LogP contribution in [0.3, 0.4) is 0 Å². The van der Waals surface area contributed by atoms with E-state index in [-0.39, 0.29) is 23.3 Å². The van der Waals surface area contributed by atoms with Crippen molar-refractivity contribution in [3.05, 3.63) is 29.3 Å². The number of rotatable bonds is 7. The zero-order valence-electron chi connectivity index (χ0n) is 12.5. The highest BCUT2D eigenvalue weighted by molar-refractivity contribution is 7.85. The molecule has 2 N–H and O–H groups in total. The second kappa shape index (κ2) is 7.93. The number of carbonyl (C=O) groups is 2. The molecule has 0 spiro atoms. The summed E-state index contributed by atoms with van der Waals surface area (Å²) in [7, 11) is -1.54. The van der Waals surface area contributed by atoms with E-state index >= 15 is 0 Å². The van der Waals surface area contributed by atoms with Gasteiger partial charge in [0.15, 0.2) is 0 Å². The molecule has 1 aromatic carbocycles. The van der Waals surface area contributed by atoms with Gasteiger partial charge in [0.2, 0.25) is 5.91 Å². The van der Waals surface area contributed by atoms with Crippen LogP contribution in [0, 0.1) is 6.92 Å². The van der Waals surface area contributed by atoms with Crippen LogP contribution in [0.5, 0.6) is 0 Å². The fraction of sp³-hybridized carbons (Fsp3) is 0.467. The summed E-state index contributed by atoms with van der Waals surface area (Å²) >= 11 is 0. The predicted molar refractivity (Wildman–Crippen MR) is 81.9 cm³/mol. The molecule has 2 atom stereocenters. The fourth-order valence-corrected chi connectivity index (χ4v) is 2.95. The molecule has 0 aliphatic carbocycles. The molecular formula is C15H21NO4S. The van der Waals surface area contributed by atoms with Crippen LogP contribution in [-0.2, 0) is 15.6 Å². The summed E-state index contributed by atoms with van der Waals surface area (Å²) in [6.45, 7) is 5.61. The van der Waals surface area contributed by atoms with Crippen molar-refractivity contribution in [3.63, 3.8) is 0 Å². The van der Waals surface area contributed by atoms with Gasteiger partial charge in [0, 0.05) is 10.9 Å². The van der Waals surface area contributed by atoms with E-state index in [0.717, 1.165) is 12.8 Å². The average Bonchev–Trinajstić information content (AvgIpc) is 2.38. The maximum absolute atomic E-state index is 12.1. The van der Waals surface area contributed by atoms with Crippen LogP contribution < -0.4 is 5.32 Å². The standard InChI is InChI=1S/C15H21NO4S/c1-4-5-11(3)16-14(17)9-21(20)12-7-6-10(2)13(8-12)15(18)19/h6-8,11H,4-5,9H2,1-3H3,(H,16,17)(H,18,19). The molecule has 21 heavy (non-hydrogen) atoms. The summed E-state index contributed by atoms with van der Waals surface area (Å²) in [6.07, 6.45) is 1.83. The third kappa shape index (κ3) is 5.30. The molecule has 2 unspecified atom stereocenters. The topological polar surface area (TPSA) is 83.5 Å². The van der Waals surface area contributed by atoms with E-state index in [9.17, 15) is 13.8 Å². The van der Waals surface area contributed by atoms with Gasteiger partial charge in [0.25, 0.3) is 0 Å². The highest BCUT2D eigenvalue weighted by Gasteiger charge is 2.15. The van der Waals surface area contributed by atoms with E-state index in [1.165, 1.54) is 6.07 Å². The van der Waals surface area contributed by atoms with E-state index in [1.54, 1.807) is 19.1 Å². The molecule has 0 radical (unpaired) electrons. The Kier molecular flexibility index (Phi) is 6.55. The van der Waals surface area contributed by atoms with Gasteiger partial charge in [0.05, 0.1) is 16.4 Å². The lowest BCUT2D eigenvalue weighted by molar-refractivity contribution is -0.119. The van der Waals surface area contributed by atoms with Gasteiger partial charge in [-0.1, -0.05) is 19.4 Å². The Labute approximate surface area is 127 Å². The minimum absolute atomic E-state index is 0.0482. The highest BCUT2D eigenvalue weighted by atomic mass is 32.2. The van der Waals surface area contributed by atoms with Crippen molar-refractivity contribution in [2.24, 2.45) is 0 Å². The van der Waals surface area contributed by atoms with Crippen LogP contribution in [0.15, 0.2) is 23.1 Å². The molecule has 1 aromatic rings. The minimum atomic E-state index is -1.54. The van der Waals surface area contributed by atoms with Gasteiger partial charge >= 0.3 is 5.97 Å². The predicted octanol–water partition coefficient (Wildman–Crippen LogP) is 2.11. The van der Waals surface area contributed by atoms with E-state index in [2.05, 4.69) is 5.32 Å². The summed E-state index contributed by atoms with van der Waals surface area (Å²) in [4.78, 5) is 23.2. The fourth-order valence-electron chi connectivity index (χ4n) is 2.00. The molecular weight excluding hydrogens is 290 g/mol. The van der Waals surface area contributed by atoms with Crippen molar-refractivity contribution >= 4 is 22.7 Å². The van der Waals surface area contributed by atoms with Crippen LogP contribution in [0.25, 0.3) is 0 Å². The van der Waals surface area contributed by atoms with Gasteiger partial charge in [-0.2, -0.15) is 0 Å². The summed E-state index contributed by atoms with van der Waals surface area (Å²) in [5.74, 6) is -1.50. The number of carboxylic acid groups (broad SMARTS) is 1. The Balaban J connectivity index is 2.74. The maximum Gasteiger partial charge on any atom is 0.335 e. The van der Waals surface area contributed by atoms with Crippen molar-refractivity contribution in [2.75, 3.05) is 5.75 Å². The SMILES string of the molecule is CCCC(C)NC(=O)CS(=O)c1ccc(C)c(C(=O)O)c1. The lowest BCUT2D eigenvalue weighted by Gasteiger charge is -2.12. The normalized spacial score (nSPS) is 13.5. The van der Waals surface area contributed by atoms with E-state index in [0.29, 0.717) is 10.5 Å². The maximum atomic E-state index is 12.1. The first-order valence-electron chi connectivity index (χ1n) is 6.86. The molecule has 0 heterocycles. The van der Waals surface area contributed by atoms with Gasteiger partial charge in [-0.05, 0) is 38.0 Å². The van der Waals surface area contributed by atoms with Crippen molar-refractivity contribution in [1.82, 2.24) is 5.32 Å². The Bertz CT molecular complexity index is 557. The van der Waals surface area contributed by atoms with Gasteiger partial charge in [-0.25, -0.2) is 4.79 Å². The summed E-state index contributed by atoms with van der Waals surface area (Å²) in [6, 6.07) is 4.62. The number of hydrogen-bond donors (Lipinski definition) is 2. The van der Waals surface area contributed by atoms with Crippen LogP contribution in [0.2, 0.25) is 0 Å². The van der Waals surface area contributed by atoms with Crippen molar-refractivity contribution < 1.29 is 18.9 Å². The number of carbonyl (C=O) groups excluding carboxylic acids is 1. The first-order valence-corrected chi connectivity index (χ1v) is 8.18. The molecule has 1 amide bonds. The minimum Gasteiger partial charge on any atom is -0.478 e. The first kappa shape index (κ1) is 17.4. The Morgan fingerprint density at radius 1 is 1.38 bits per heavy atom. The van der Waals surface area contributed by atoms with Crippen LogP contribution in [0.4, 0.5) is 0 Å². The molecule has 0 fully saturated rings. The molecule has 0 aliphatic rings. The Morgan fingerprint density at radius 3 is 2.62 bits per heavy atom. The van der Waals surface area contributed by atoms with E-state index in [1.807, 2.05) is 13.8 Å². The number of nitrogens with one attached hydrogen (secondary N) is 1. The molecule has 0 bridgehead atoms. The average molecular weight is 311 g/mol. The number of aryl methyl sites for hydroxylation is 1. The van der Waals surface area contributed by atoms with E-state index in [4.69, 9.17) is 5.11 Å². The first-order chi connectivity index (χ1) is 9.85. The monoisotopic (exact) mass is 311 g/mol. The lowest BCUT2D eigenvalue weighted by Crippen LogP contribution is -2.35. The van der Waals surface area contributed by atoms with Crippen LogP contribution >= 0.6 is 0 Å². The largest absolute Gasteiger partial charge is 0.478 e. The molecule has 5 nitrogen and oxygen atoms in total. The number of hydrogen-bond acceptors (Lipinski definition) is 3. The molecule has 0 saturated heterocycles. The zero-order valence-corrected chi connectivity index (χ0v) is 13.3. The number of carboxylic acids is 1. The second-order valence-corrected chi connectivity index (χ2v) is 6.48. The quantitative estimate of drug-likeness (QED) is 0.808. The third-order valence-corrected chi connectivity index (χ3v) is 4.40. The Hall–Kier alpha value is -1.69. The van der Waals surface area contributed by atoms with Gasteiger partial charge in [-0.3, -0.25) is 9.00 Å². The van der Waals surface area contributed by atoms with Crippen molar-refractivity contribution in [1.29, 1.82) is 0 Å². The molecule has 0 aliphatic heterocycles. The summed E-state index contributed by atoms with van der Waals surface area (Å²) < 4.78 is 12.1. The highest BCUT2D eigenvalue weighted by Crippen LogP contribution is 2.14. The lowest BCUT2D eigenvalue weighted by atomic mass is 10.1. The van der Waals surface area contributed by atoms with Gasteiger partial charge in [-0.15, -0.1) is 0 Å². The molecule has 6 heteroatoms. The molecule has 0 aromatic heterocycles. The number of aromatic carboxylic acids is 1.